The van der Waals surface area contributed by atoms with E-state index in [9.17, 15) is 8.78 Å². The fourth-order valence-electron chi connectivity index (χ4n) is 1.48. The molecule has 74 valence electrons. The summed E-state index contributed by atoms with van der Waals surface area (Å²) in [5.41, 5.74) is -0.0706. The second-order valence-corrected chi connectivity index (χ2v) is 3.54. The van der Waals surface area contributed by atoms with E-state index in [2.05, 4.69) is 0 Å². The lowest BCUT2D eigenvalue weighted by Crippen LogP contribution is -2.33. The smallest absolute Gasteiger partial charge is 0.423 e. The molecule has 1 fully saturated rings. The molecule has 1 aliphatic rings. The van der Waals surface area contributed by atoms with E-state index in [4.69, 9.17) is 10.0 Å². The minimum absolute atomic E-state index is 0.106. The number of halogens is 2. The van der Waals surface area contributed by atoms with E-state index in [1.807, 2.05) is 0 Å². The van der Waals surface area contributed by atoms with Crippen LogP contribution in [0.25, 0.3) is 0 Å². The van der Waals surface area contributed by atoms with E-state index in [0.29, 0.717) is 5.56 Å². The molecule has 5 heteroatoms. The molecule has 14 heavy (non-hydrogen) atoms. The summed E-state index contributed by atoms with van der Waals surface area (Å²) in [6.07, 6.45) is 1.74. The summed E-state index contributed by atoms with van der Waals surface area (Å²) >= 11 is 0. The zero-order valence-corrected chi connectivity index (χ0v) is 7.37. The van der Waals surface area contributed by atoms with Gasteiger partial charge in [-0.25, -0.2) is 8.78 Å². The number of hydrogen-bond donors (Lipinski definition) is 2. The molecule has 1 aliphatic carbocycles. The molecule has 0 aromatic heterocycles. The normalized spacial score (nSPS) is 15.7. The molecule has 0 saturated heterocycles. The average molecular weight is 198 g/mol. The minimum atomic E-state index is -1.96. The molecule has 0 amide bonds. The fraction of sp³-hybridized carbons (Fsp3) is 0.333. The van der Waals surface area contributed by atoms with E-state index < -0.39 is 24.2 Å². The van der Waals surface area contributed by atoms with Gasteiger partial charge < -0.3 is 10.0 Å². The summed E-state index contributed by atoms with van der Waals surface area (Å²) in [6, 6.07) is 1.91. The van der Waals surface area contributed by atoms with Gasteiger partial charge in [-0.1, -0.05) is 0 Å². The lowest BCUT2D eigenvalue weighted by molar-refractivity contribution is 0.422. The maximum Gasteiger partial charge on any atom is 0.491 e. The predicted molar refractivity (Wildman–Crippen MR) is 48.2 cm³/mol. The van der Waals surface area contributed by atoms with Gasteiger partial charge >= 0.3 is 7.12 Å². The van der Waals surface area contributed by atoms with Crippen LogP contribution in [0.15, 0.2) is 12.1 Å². The molecule has 0 heterocycles. The highest BCUT2D eigenvalue weighted by molar-refractivity contribution is 6.58. The molecule has 2 N–H and O–H groups in total. The highest BCUT2D eigenvalue weighted by atomic mass is 19.1. The van der Waals surface area contributed by atoms with Gasteiger partial charge in [0.05, 0.1) is 0 Å². The Morgan fingerprint density at radius 1 is 1.14 bits per heavy atom. The molecule has 1 aromatic carbocycles. The first-order valence-corrected chi connectivity index (χ1v) is 4.44. The van der Waals surface area contributed by atoms with Crippen molar-refractivity contribution >= 4 is 12.6 Å². The maximum atomic E-state index is 13.3. The van der Waals surface area contributed by atoms with Crippen LogP contribution < -0.4 is 5.46 Å². The van der Waals surface area contributed by atoms with Gasteiger partial charge in [0.2, 0.25) is 0 Å². The van der Waals surface area contributed by atoms with Crippen molar-refractivity contribution in [3.05, 3.63) is 29.3 Å². The van der Waals surface area contributed by atoms with Crippen molar-refractivity contribution in [3.63, 3.8) is 0 Å². The van der Waals surface area contributed by atoms with Crippen LogP contribution in [-0.4, -0.2) is 17.2 Å². The first-order chi connectivity index (χ1) is 6.59. The van der Waals surface area contributed by atoms with E-state index in [1.165, 1.54) is 0 Å². The van der Waals surface area contributed by atoms with Crippen molar-refractivity contribution in [1.29, 1.82) is 0 Å². The van der Waals surface area contributed by atoms with E-state index in [-0.39, 0.29) is 5.92 Å². The topological polar surface area (TPSA) is 40.5 Å². The number of benzene rings is 1. The van der Waals surface area contributed by atoms with Crippen molar-refractivity contribution in [2.45, 2.75) is 18.8 Å². The molecule has 0 unspecified atom stereocenters. The van der Waals surface area contributed by atoms with Crippen LogP contribution >= 0.6 is 0 Å². The number of hydrogen-bond acceptors (Lipinski definition) is 2. The van der Waals surface area contributed by atoms with Crippen molar-refractivity contribution in [1.82, 2.24) is 0 Å². The lowest BCUT2D eigenvalue weighted by atomic mass is 9.79. The van der Waals surface area contributed by atoms with Crippen LogP contribution in [0.2, 0.25) is 0 Å². The van der Waals surface area contributed by atoms with Crippen molar-refractivity contribution < 1.29 is 18.8 Å². The maximum absolute atomic E-state index is 13.3. The molecular weight excluding hydrogens is 189 g/mol. The minimum Gasteiger partial charge on any atom is -0.423 e. The SMILES string of the molecule is OB(O)c1cc(F)c(C2CC2)cc1F. The summed E-state index contributed by atoms with van der Waals surface area (Å²) < 4.78 is 26.5. The van der Waals surface area contributed by atoms with Gasteiger partial charge in [-0.05, 0) is 36.5 Å². The molecule has 0 atom stereocenters. The molecule has 1 saturated carbocycles. The van der Waals surface area contributed by atoms with Gasteiger partial charge in [0.25, 0.3) is 0 Å². The first-order valence-electron chi connectivity index (χ1n) is 4.44. The highest BCUT2D eigenvalue weighted by Crippen LogP contribution is 2.41. The third kappa shape index (κ3) is 1.65. The zero-order chi connectivity index (χ0) is 10.3. The van der Waals surface area contributed by atoms with Gasteiger partial charge in [0.15, 0.2) is 0 Å². The van der Waals surface area contributed by atoms with Crippen LogP contribution in [0.5, 0.6) is 0 Å². The van der Waals surface area contributed by atoms with Crippen LogP contribution in [0, 0.1) is 11.6 Å². The summed E-state index contributed by atoms with van der Waals surface area (Å²) in [7, 11) is -1.96. The lowest BCUT2D eigenvalue weighted by Gasteiger charge is -2.06. The van der Waals surface area contributed by atoms with Crippen LogP contribution in [0.4, 0.5) is 8.78 Å². The Labute approximate surface area is 80.3 Å². The second-order valence-electron chi connectivity index (χ2n) is 3.54. The van der Waals surface area contributed by atoms with E-state index in [1.54, 1.807) is 0 Å². The van der Waals surface area contributed by atoms with Crippen molar-refractivity contribution in [2.75, 3.05) is 0 Å². The van der Waals surface area contributed by atoms with Crippen LogP contribution in [0.1, 0.15) is 24.3 Å². The van der Waals surface area contributed by atoms with Crippen molar-refractivity contribution in [2.24, 2.45) is 0 Å². The van der Waals surface area contributed by atoms with E-state index in [0.717, 1.165) is 25.0 Å². The van der Waals surface area contributed by atoms with Crippen LogP contribution in [0.3, 0.4) is 0 Å². The first kappa shape index (κ1) is 9.61. The monoisotopic (exact) mass is 198 g/mol. The summed E-state index contributed by atoms with van der Waals surface area (Å²) in [5.74, 6) is -1.21. The zero-order valence-electron chi connectivity index (χ0n) is 7.37. The molecule has 2 nitrogen and oxygen atoms in total. The van der Waals surface area contributed by atoms with Gasteiger partial charge in [0, 0.05) is 5.46 Å². The second kappa shape index (κ2) is 3.33. The Morgan fingerprint density at radius 2 is 1.79 bits per heavy atom. The van der Waals surface area contributed by atoms with Gasteiger partial charge in [0.1, 0.15) is 11.6 Å². The van der Waals surface area contributed by atoms with E-state index >= 15 is 0 Å². The third-order valence-electron chi connectivity index (χ3n) is 2.41. The van der Waals surface area contributed by atoms with Crippen molar-refractivity contribution in [3.8, 4) is 0 Å². The molecule has 0 aliphatic heterocycles. The van der Waals surface area contributed by atoms with Gasteiger partial charge in [-0.2, -0.15) is 0 Å². The standard InChI is InChI=1S/C9H9BF2O2/c11-8-4-7(10(13)14)9(12)3-6(8)5-1-2-5/h3-5,13-14H,1-2H2. The Hall–Kier alpha value is -0.935. The number of rotatable bonds is 2. The Morgan fingerprint density at radius 3 is 2.29 bits per heavy atom. The Balaban J connectivity index is 2.43. The molecule has 1 aromatic rings. The Kier molecular flexibility index (Phi) is 2.29. The summed E-state index contributed by atoms with van der Waals surface area (Å²) in [5, 5.41) is 17.4. The quantitative estimate of drug-likeness (QED) is 0.680. The fourth-order valence-corrected chi connectivity index (χ4v) is 1.48. The molecular formula is C9H9BF2O2. The largest absolute Gasteiger partial charge is 0.491 e. The molecule has 0 spiro atoms. The average Bonchev–Trinajstić information content (AvgIpc) is 2.91. The third-order valence-corrected chi connectivity index (χ3v) is 2.41. The molecule has 0 bridgehead atoms. The Bertz CT molecular complexity index is 336. The molecule has 0 radical (unpaired) electrons. The van der Waals surface area contributed by atoms with Gasteiger partial charge in [-0.15, -0.1) is 0 Å². The highest BCUT2D eigenvalue weighted by Gasteiger charge is 2.29. The predicted octanol–water partition coefficient (Wildman–Crippen LogP) is 0.522. The summed E-state index contributed by atoms with van der Waals surface area (Å²) in [6.45, 7) is 0. The van der Waals surface area contributed by atoms with Crippen LogP contribution in [-0.2, 0) is 0 Å². The molecule has 2 rings (SSSR count). The van der Waals surface area contributed by atoms with Gasteiger partial charge in [-0.3, -0.25) is 0 Å². The summed E-state index contributed by atoms with van der Waals surface area (Å²) in [4.78, 5) is 0.